The summed E-state index contributed by atoms with van der Waals surface area (Å²) >= 11 is 0. The summed E-state index contributed by atoms with van der Waals surface area (Å²) < 4.78 is 38.4. The molecule has 160 valence electrons. The van der Waals surface area contributed by atoms with Crippen molar-refractivity contribution in [1.82, 2.24) is 4.90 Å². The summed E-state index contributed by atoms with van der Waals surface area (Å²) in [7, 11) is -3.97. The topological polar surface area (TPSA) is 124 Å². The molecule has 2 N–H and O–H groups in total. The molecule has 1 saturated heterocycles. The van der Waals surface area contributed by atoms with Gasteiger partial charge in [0.05, 0.1) is 16.8 Å². The smallest absolute Gasteiger partial charge is 0.287 e. The van der Waals surface area contributed by atoms with E-state index in [0.29, 0.717) is 31.5 Å². The highest BCUT2D eigenvalue weighted by atomic mass is 32.2. The first-order valence-electron chi connectivity index (χ1n) is 9.44. The maximum atomic E-state index is 13.0. The molecule has 0 spiro atoms. The number of Topliss-reactive ketones (excluding diaryl/α,β-unsaturated/α-hetero) is 1. The first-order chi connectivity index (χ1) is 14.2. The maximum absolute atomic E-state index is 13.0. The van der Waals surface area contributed by atoms with Crippen LogP contribution in [0.15, 0.2) is 53.4 Å². The Kier molecular flexibility index (Phi) is 6.59. The van der Waals surface area contributed by atoms with E-state index in [2.05, 4.69) is 0 Å². The van der Waals surface area contributed by atoms with Gasteiger partial charge in [-0.1, -0.05) is 12.1 Å². The number of sulfone groups is 1. The lowest BCUT2D eigenvalue weighted by Crippen LogP contribution is -2.50. The van der Waals surface area contributed by atoms with Crippen LogP contribution in [0.1, 0.15) is 23.2 Å². The molecule has 1 fully saturated rings. The minimum atomic E-state index is -3.97. The van der Waals surface area contributed by atoms with Crippen LogP contribution < -0.4 is 5.73 Å². The summed E-state index contributed by atoms with van der Waals surface area (Å²) in [5, 5.41) is 11.1. The highest BCUT2D eigenvalue weighted by Gasteiger charge is 2.32. The van der Waals surface area contributed by atoms with Gasteiger partial charge in [0.15, 0.2) is 15.6 Å². The number of likely N-dealkylation sites (tertiary alicyclic amines) is 1. The predicted molar refractivity (Wildman–Crippen MR) is 108 cm³/mol. The lowest BCUT2D eigenvalue weighted by molar-refractivity contribution is -0.387. The number of hydrogen-bond acceptors (Lipinski definition) is 7. The van der Waals surface area contributed by atoms with Crippen LogP contribution >= 0.6 is 0 Å². The van der Waals surface area contributed by atoms with Gasteiger partial charge in [-0.2, -0.15) is 0 Å². The lowest BCUT2D eigenvalue weighted by Gasteiger charge is -2.35. The number of nitrogens with two attached hydrogens (primary N) is 1. The van der Waals surface area contributed by atoms with Gasteiger partial charge in [0, 0.05) is 30.6 Å². The number of ketones is 1. The third-order valence-corrected chi connectivity index (χ3v) is 7.08. The number of halogens is 1. The molecule has 8 nitrogen and oxygen atoms in total. The molecule has 0 bridgehead atoms. The third kappa shape index (κ3) is 4.89. The number of carbonyl (C=O) groups excluding carboxylic acids is 1. The van der Waals surface area contributed by atoms with Crippen LogP contribution in [-0.4, -0.2) is 49.0 Å². The monoisotopic (exact) mass is 435 g/mol. The van der Waals surface area contributed by atoms with E-state index in [1.165, 1.54) is 42.5 Å². The van der Waals surface area contributed by atoms with Crippen molar-refractivity contribution in [3.63, 3.8) is 0 Å². The first kappa shape index (κ1) is 22.0. The molecule has 3 rings (SSSR count). The Morgan fingerprint density at radius 1 is 1.17 bits per heavy atom. The molecule has 0 radical (unpaired) electrons. The van der Waals surface area contributed by atoms with E-state index in [4.69, 9.17) is 5.73 Å². The molecule has 1 aliphatic rings. The van der Waals surface area contributed by atoms with Crippen LogP contribution in [0.4, 0.5) is 10.1 Å². The second-order valence-corrected chi connectivity index (χ2v) is 9.26. The summed E-state index contributed by atoms with van der Waals surface area (Å²) in [4.78, 5) is 24.4. The molecule has 1 atom stereocenters. The quantitative estimate of drug-likeness (QED) is 0.402. The van der Waals surface area contributed by atoms with Crippen molar-refractivity contribution in [2.75, 3.05) is 18.8 Å². The number of benzene rings is 2. The van der Waals surface area contributed by atoms with Crippen molar-refractivity contribution in [3.8, 4) is 0 Å². The number of rotatable bonds is 7. The van der Waals surface area contributed by atoms with Gasteiger partial charge in [-0.25, -0.2) is 12.8 Å². The fourth-order valence-corrected chi connectivity index (χ4v) is 5.22. The molecule has 0 amide bonds. The van der Waals surface area contributed by atoms with Crippen LogP contribution in [0.2, 0.25) is 0 Å². The highest BCUT2D eigenvalue weighted by Crippen LogP contribution is 2.26. The largest absolute Gasteiger partial charge is 0.315 e. The number of nitro groups is 1. The van der Waals surface area contributed by atoms with Crippen molar-refractivity contribution < 1.29 is 22.5 Å². The Morgan fingerprint density at radius 3 is 2.37 bits per heavy atom. The Balaban J connectivity index is 1.63. The molecule has 2 aromatic carbocycles. The second kappa shape index (κ2) is 8.99. The van der Waals surface area contributed by atoms with E-state index < -0.39 is 38.2 Å². The van der Waals surface area contributed by atoms with Crippen molar-refractivity contribution in [3.05, 3.63) is 70.0 Å². The Bertz CT molecular complexity index is 1030. The lowest BCUT2D eigenvalue weighted by atomic mass is 9.89. The van der Waals surface area contributed by atoms with Gasteiger partial charge in [0.1, 0.15) is 10.7 Å². The molecule has 0 saturated carbocycles. The number of nitrogens with zero attached hydrogens (tertiary/aromatic N) is 2. The van der Waals surface area contributed by atoms with E-state index >= 15 is 0 Å². The molecule has 30 heavy (non-hydrogen) atoms. The average Bonchev–Trinajstić information content (AvgIpc) is 2.73. The maximum Gasteiger partial charge on any atom is 0.287 e. The van der Waals surface area contributed by atoms with Gasteiger partial charge in [-0.15, -0.1) is 0 Å². The van der Waals surface area contributed by atoms with E-state index in [9.17, 15) is 27.7 Å². The summed E-state index contributed by atoms with van der Waals surface area (Å²) in [6.45, 7) is 0.844. The van der Waals surface area contributed by atoms with Crippen molar-refractivity contribution in [2.45, 2.75) is 23.9 Å². The average molecular weight is 435 g/mol. The molecule has 1 heterocycles. The van der Waals surface area contributed by atoms with Gasteiger partial charge < -0.3 is 5.73 Å². The van der Waals surface area contributed by atoms with E-state index in [0.717, 1.165) is 6.07 Å². The zero-order valence-corrected chi connectivity index (χ0v) is 16.9. The van der Waals surface area contributed by atoms with E-state index in [-0.39, 0.29) is 16.6 Å². The Morgan fingerprint density at radius 2 is 1.77 bits per heavy atom. The Labute approximate surface area is 173 Å². The highest BCUT2D eigenvalue weighted by molar-refractivity contribution is 7.91. The number of nitro benzene ring substituents is 1. The first-order valence-corrected chi connectivity index (χ1v) is 11.1. The van der Waals surface area contributed by atoms with E-state index in [1.807, 2.05) is 0 Å². The van der Waals surface area contributed by atoms with Crippen molar-refractivity contribution in [1.29, 1.82) is 0 Å². The van der Waals surface area contributed by atoms with Crippen molar-refractivity contribution in [2.24, 2.45) is 11.7 Å². The third-order valence-electron chi connectivity index (χ3n) is 5.29. The minimum absolute atomic E-state index is 0.0734. The summed E-state index contributed by atoms with van der Waals surface area (Å²) in [6, 6.07) is 10.6. The standard InChI is InChI=1S/C20H22FN3O5S/c21-16-7-5-14(6-8-16)20(25)15-9-11-23(12-10-15)19(22)13-30(28,29)18-4-2-1-3-17(18)24(26)27/h1-8,15,19H,9-13,22H2. The Hall–Kier alpha value is -2.69. The molecule has 0 aromatic heterocycles. The number of piperidine rings is 1. The number of hydrogen-bond donors (Lipinski definition) is 1. The number of carbonyl (C=O) groups is 1. The fourth-order valence-electron chi connectivity index (χ4n) is 3.63. The minimum Gasteiger partial charge on any atom is -0.315 e. The van der Waals surface area contributed by atoms with Crippen LogP contribution in [0.3, 0.4) is 0 Å². The summed E-state index contributed by atoms with van der Waals surface area (Å²) in [5.41, 5.74) is 6.06. The molecular weight excluding hydrogens is 413 g/mol. The second-order valence-electron chi connectivity index (χ2n) is 7.25. The predicted octanol–water partition coefficient (Wildman–Crippen LogP) is 2.39. The molecule has 2 aromatic rings. The van der Waals surface area contributed by atoms with E-state index in [1.54, 1.807) is 4.90 Å². The van der Waals surface area contributed by atoms with Crippen LogP contribution in [0.25, 0.3) is 0 Å². The van der Waals surface area contributed by atoms with Crippen LogP contribution in [-0.2, 0) is 9.84 Å². The normalized spacial score (nSPS) is 16.9. The van der Waals surface area contributed by atoms with Gasteiger partial charge >= 0.3 is 0 Å². The molecule has 1 unspecified atom stereocenters. The van der Waals surface area contributed by atoms with Gasteiger partial charge in [-0.05, 0) is 43.2 Å². The summed E-state index contributed by atoms with van der Waals surface area (Å²) in [6.07, 6.45) is 0.141. The SMILES string of the molecule is NC(CS(=O)(=O)c1ccccc1[N+](=O)[O-])N1CCC(C(=O)c2ccc(F)cc2)CC1. The molecule has 0 aliphatic carbocycles. The van der Waals surface area contributed by atoms with Crippen LogP contribution in [0, 0.1) is 21.8 Å². The van der Waals surface area contributed by atoms with Crippen molar-refractivity contribution >= 4 is 21.3 Å². The zero-order valence-electron chi connectivity index (χ0n) is 16.1. The fraction of sp³-hybridized carbons (Fsp3) is 0.350. The van der Waals surface area contributed by atoms with Gasteiger partial charge in [-0.3, -0.25) is 19.8 Å². The molecule has 10 heteroatoms. The van der Waals surface area contributed by atoms with Gasteiger partial charge in [0.2, 0.25) is 0 Å². The zero-order chi connectivity index (χ0) is 21.9. The van der Waals surface area contributed by atoms with Gasteiger partial charge in [0.25, 0.3) is 5.69 Å². The summed E-state index contributed by atoms with van der Waals surface area (Å²) in [5.74, 6) is -1.19. The molecular formula is C20H22FN3O5S. The van der Waals surface area contributed by atoms with Crippen LogP contribution in [0.5, 0.6) is 0 Å². The molecule has 1 aliphatic heterocycles. The number of para-hydroxylation sites is 1.